The van der Waals surface area contributed by atoms with Crippen molar-refractivity contribution in [3.63, 3.8) is 0 Å². The number of esters is 4. The zero-order valence-corrected chi connectivity index (χ0v) is 27.0. The topological polar surface area (TPSA) is 139 Å². The first-order chi connectivity index (χ1) is 21.4. The van der Waals surface area contributed by atoms with Crippen LogP contribution in [-0.2, 0) is 48.0 Å². The number of hydrogen-bond donors (Lipinski definition) is 0. The molecule has 0 saturated heterocycles. The van der Waals surface area contributed by atoms with Gasteiger partial charge in [0, 0.05) is 0 Å². The van der Waals surface area contributed by atoms with E-state index in [2.05, 4.69) is 6.58 Å². The minimum absolute atomic E-state index is 0.0557. The molecular weight excluding hydrogens is 600 g/mol. The Hall–Kier alpha value is -4.25. The molecule has 1 unspecified atom stereocenters. The smallest absolute Gasteiger partial charge is 0.325 e. The van der Waals surface area contributed by atoms with Gasteiger partial charge in [0.25, 0.3) is 0 Å². The second kappa shape index (κ2) is 14.7. The van der Waals surface area contributed by atoms with E-state index < -0.39 is 61.6 Å². The molecule has 0 amide bonds. The highest BCUT2D eigenvalue weighted by molar-refractivity contribution is 7.91. The van der Waals surface area contributed by atoms with Crippen LogP contribution in [0.3, 0.4) is 0 Å². The fraction of sp³-hybridized carbons (Fsp3) is 0.412. The van der Waals surface area contributed by atoms with Crippen LogP contribution in [0.2, 0.25) is 0 Å². The van der Waals surface area contributed by atoms with E-state index in [9.17, 15) is 27.6 Å². The van der Waals surface area contributed by atoms with Crippen molar-refractivity contribution in [3.8, 4) is 0 Å². The number of benzene rings is 2. The molecule has 45 heavy (non-hydrogen) atoms. The van der Waals surface area contributed by atoms with Gasteiger partial charge < -0.3 is 18.9 Å². The van der Waals surface area contributed by atoms with Gasteiger partial charge in [-0.25, -0.2) is 8.42 Å². The maximum absolute atomic E-state index is 13.9. The van der Waals surface area contributed by atoms with Crippen LogP contribution in [0, 0.1) is 29.6 Å². The molecule has 0 heterocycles. The van der Waals surface area contributed by atoms with E-state index in [4.69, 9.17) is 18.9 Å². The summed E-state index contributed by atoms with van der Waals surface area (Å²) in [5.74, 6) is -5.75. The largest absolute Gasteiger partial charge is 0.468 e. The second-order valence-corrected chi connectivity index (χ2v) is 13.2. The SMILES string of the molecule is C=CC[C@@H]1CC(C(=O)OC)(C(=O)OC)C(C(=O)OC)(C(=O)OC)C[C@H]1/C=C/CC(c1ccccc1)S(=O)(=O)c1ccc(C)cc1. The normalized spacial score (nSPS) is 19.6. The molecule has 1 aliphatic carbocycles. The maximum atomic E-state index is 13.9. The van der Waals surface area contributed by atoms with Gasteiger partial charge >= 0.3 is 23.9 Å². The number of carbonyl (C=O) groups excluding carboxylic acids is 4. The zero-order chi connectivity index (χ0) is 33.4. The van der Waals surface area contributed by atoms with Crippen LogP contribution >= 0.6 is 0 Å². The van der Waals surface area contributed by atoms with Gasteiger partial charge in [0.1, 0.15) is 0 Å². The van der Waals surface area contributed by atoms with Crippen molar-refractivity contribution in [1.29, 1.82) is 0 Å². The van der Waals surface area contributed by atoms with Crippen LogP contribution in [0.4, 0.5) is 0 Å². The molecule has 0 bridgehead atoms. The Bertz CT molecular complexity index is 1490. The summed E-state index contributed by atoms with van der Waals surface area (Å²) >= 11 is 0. The first-order valence-corrected chi connectivity index (χ1v) is 15.9. The van der Waals surface area contributed by atoms with Crippen molar-refractivity contribution in [2.75, 3.05) is 28.4 Å². The molecule has 1 saturated carbocycles. The molecule has 3 atom stereocenters. The zero-order valence-electron chi connectivity index (χ0n) is 26.2. The molecule has 11 heteroatoms. The molecule has 2 aromatic rings. The third-order valence-electron chi connectivity index (χ3n) is 8.68. The van der Waals surface area contributed by atoms with E-state index in [1.807, 2.05) is 6.92 Å². The summed E-state index contributed by atoms with van der Waals surface area (Å²) in [6.45, 7) is 5.68. The number of aryl methyl sites for hydroxylation is 1. The van der Waals surface area contributed by atoms with Crippen LogP contribution in [0.15, 0.2) is 84.3 Å². The van der Waals surface area contributed by atoms with Crippen molar-refractivity contribution in [2.45, 2.75) is 42.8 Å². The standard InChI is InChI=1S/C34H40O10S/c1-7-12-25-21-33(29(35)41-3,30(36)42-4)34(31(37)43-5,32(38)44-6)22-26(25)15-11-16-28(24-13-9-8-10-14-24)45(39,40)27-19-17-23(2)18-20-27/h7-11,13-15,17-20,25-26,28H,1,12,16,21-22H2,2-6H3/b15-11+/t25-,26-,28?/m1/s1. The predicted octanol–water partition coefficient (Wildman–Crippen LogP) is 4.72. The number of ether oxygens (including phenoxy) is 4. The monoisotopic (exact) mass is 640 g/mol. The lowest BCUT2D eigenvalue weighted by atomic mass is 9.50. The summed E-state index contributed by atoms with van der Waals surface area (Å²) in [6, 6.07) is 15.4. The van der Waals surface area contributed by atoms with E-state index >= 15 is 0 Å². The third kappa shape index (κ3) is 6.45. The number of sulfone groups is 1. The molecule has 2 aromatic carbocycles. The first kappa shape index (κ1) is 35.2. The summed E-state index contributed by atoms with van der Waals surface area (Å²) in [5.41, 5.74) is -3.38. The van der Waals surface area contributed by atoms with Gasteiger partial charge in [-0.3, -0.25) is 19.2 Å². The lowest BCUT2D eigenvalue weighted by Crippen LogP contribution is -2.66. The highest BCUT2D eigenvalue weighted by atomic mass is 32.2. The molecular formula is C34H40O10S. The van der Waals surface area contributed by atoms with Gasteiger partial charge in [-0.15, -0.1) is 6.58 Å². The quantitative estimate of drug-likeness (QED) is 0.139. The molecule has 0 radical (unpaired) electrons. The van der Waals surface area contributed by atoms with Crippen molar-refractivity contribution in [3.05, 3.63) is 90.5 Å². The van der Waals surface area contributed by atoms with E-state index in [1.54, 1.807) is 72.8 Å². The average Bonchev–Trinajstić information content (AvgIpc) is 3.05. The van der Waals surface area contributed by atoms with E-state index in [0.717, 1.165) is 34.0 Å². The van der Waals surface area contributed by atoms with Crippen molar-refractivity contribution in [2.24, 2.45) is 22.7 Å². The highest BCUT2D eigenvalue weighted by Crippen LogP contribution is 2.58. The lowest BCUT2D eigenvalue weighted by Gasteiger charge is -2.49. The van der Waals surface area contributed by atoms with Crippen molar-refractivity contribution in [1.82, 2.24) is 0 Å². The van der Waals surface area contributed by atoms with E-state index in [1.165, 1.54) is 0 Å². The number of allylic oxidation sites excluding steroid dienone is 3. The Balaban J connectivity index is 2.16. The number of rotatable bonds is 12. The Kier molecular flexibility index (Phi) is 11.5. The summed E-state index contributed by atoms with van der Waals surface area (Å²) in [6.07, 6.45) is 4.63. The number of hydrogen-bond acceptors (Lipinski definition) is 10. The molecule has 0 spiro atoms. The average molecular weight is 641 g/mol. The second-order valence-electron chi connectivity index (χ2n) is 11.1. The van der Waals surface area contributed by atoms with Gasteiger partial charge in [0.15, 0.2) is 20.7 Å². The van der Waals surface area contributed by atoms with Gasteiger partial charge in [0.05, 0.1) is 38.6 Å². The molecule has 3 rings (SSSR count). The van der Waals surface area contributed by atoms with Gasteiger partial charge in [-0.2, -0.15) is 0 Å². The van der Waals surface area contributed by atoms with E-state index in [-0.39, 0.29) is 30.6 Å². The Labute approximate surface area is 264 Å². The van der Waals surface area contributed by atoms with Crippen LogP contribution in [0.25, 0.3) is 0 Å². The van der Waals surface area contributed by atoms with Gasteiger partial charge in [-0.05, 0) is 62.1 Å². The summed E-state index contributed by atoms with van der Waals surface area (Å²) in [7, 11) is 0.311. The van der Waals surface area contributed by atoms with Crippen LogP contribution in [0.1, 0.15) is 42.1 Å². The van der Waals surface area contributed by atoms with Crippen LogP contribution in [0.5, 0.6) is 0 Å². The predicted molar refractivity (Wildman–Crippen MR) is 165 cm³/mol. The molecule has 0 N–H and O–H groups in total. The van der Waals surface area contributed by atoms with Crippen LogP contribution < -0.4 is 0 Å². The third-order valence-corrected chi connectivity index (χ3v) is 10.8. The summed E-state index contributed by atoms with van der Waals surface area (Å²) in [4.78, 5) is 54.3. The van der Waals surface area contributed by atoms with Gasteiger partial charge in [0.2, 0.25) is 0 Å². The van der Waals surface area contributed by atoms with E-state index in [0.29, 0.717) is 5.56 Å². The van der Waals surface area contributed by atoms with Gasteiger partial charge in [-0.1, -0.05) is 66.3 Å². The number of methoxy groups -OCH3 is 4. The molecule has 242 valence electrons. The Morgan fingerprint density at radius 2 is 1.31 bits per heavy atom. The Morgan fingerprint density at radius 1 is 0.822 bits per heavy atom. The molecule has 0 aromatic heterocycles. The fourth-order valence-electron chi connectivity index (χ4n) is 6.38. The molecule has 1 fully saturated rings. The summed E-state index contributed by atoms with van der Waals surface area (Å²) < 4.78 is 47.8. The fourth-order valence-corrected chi connectivity index (χ4v) is 8.11. The first-order valence-electron chi connectivity index (χ1n) is 14.4. The highest BCUT2D eigenvalue weighted by Gasteiger charge is 2.75. The lowest BCUT2D eigenvalue weighted by molar-refractivity contribution is -0.209. The van der Waals surface area contributed by atoms with Crippen molar-refractivity contribution >= 4 is 33.7 Å². The molecule has 0 aliphatic heterocycles. The minimum Gasteiger partial charge on any atom is -0.468 e. The molecule has 1 aliphatic rings. The minimum atomic E-state index is -3.84. The Morgan fingerprint density at radius 3 is 1.78 bits per heavy atom. The number of carbonyl (C=O) groups is 4. The summed E-state index contributed by atoms with van der Waals surface area (Å²) in [5, 5.41) is -0.950. The van der Waals surface area contributed by atoms with Crippen LogP contribution in [-0.4, -0.2) is 60.7 Å². The molecule has 10 nitrogen and oxygen atoms in total. The maximum Gasteiger partial charge on any atom is 0.325 e. The van der Waals surface area contributed by atoms with Crippen molar-refractivity contribution < 1.29 is 46.5 Å².